The molecule has 5 heterocycles. The van der Waals surface area contributed by atoms with Crippen molar-refractivity contribution in [1.29, 1.82) is 0 Å². The zero-order chi connectivity index (χ0) is 23.9. The average Bonchev–Trinajstić information content (AvgIpc) is 3.53. The van der Waals surface area contributed by atoms with E-state index in [1.54, 1.807) is 28.1 Å². The van der Waals surface area contributed by atoms with Crippen LogP contribution < -0.4 is 5.32 Å². The molecule has 1 amide bonds. The molecular weight excluding hydrogens is 452 g/mol. The van der Waals surface area contributed by atoms with E-state index in [2.05, 4.69) is 14.8 Å². The first-order chi connectivity index (χ1) is 16.3. The van der Waals surface area contributed by atoms with Crippen molar-refractivity contribution in [2.45, 2.75) is 52.1 Å². The van der Waals surface area contributed by atoms with Crippen LogP contribution in [0.15, 0.2) is 41.3 Å². The molecule has 0 aliphatic carbocycles. The number of fused-ring (bicyclic) bond motifs is 1. The number of nitrogens with zero attached hydrogens (tertiary/aromatic N) is 5. The number of aryl methyl sites for hydroxylation is 1. The standard InChI is InChI=1S/C24H28N6O3S/c1-15-10-21(34-28-15)27-20-11-19(16-6-5-8-29(13-16)23(31)33-24(2,3)4)26-22-18(12-25-30(20)22)17-7-9-32-14-17/h7,9-12,14,16,27H,5-6,8,13H2,1-4H3. The maximum Gasteiger partial charge on any atom is 0.410 e. The summed E-state index contributed by atoms with van der Waals surface area (Å²) >= 11 is 1.40. The van der Waals surface area contributed by atoms with Gasteiger partial charge in [-0.2, -0.15) is 14.0 Å². The van der Waals surface area contributed by atoms with Crippen molar-refractivity contribution in [3.8, 4) is 11.1 Å². The molecule has 1 atom stereocenters. The Morgan fingerprint density at radius 2 is 2.18 bits per heavy atom. The second-order valence-corrected chi connectivity index (χ2v) is 10.4. The van der Waals surface area contributed by atoms with E-state index in [0.29, 0.717) is 13.1 Å². The lowest BCUT2D eigenvalue weighted by Crippen LogP contribution is -2.42. The summed E-state index contributed by atoms with van der Waals surface area (Å²) in [6.45, 7) is 8.87. The molecule has 1 unspecified atom stereocenters. The van der Waals surface area contributed by atoms with Gasteiger partial charge in [-0.05, 0) is 64.2 Å². The summed E-state index contributed by atoms with van der Waals surface area (Å²) in [6.07, 6.45) is 6.68. The van der Waals surface area contributed by atoms with Crippen molar-refractivity contribution in [3.63, 3.8) is 0 Å². The van der Waals surface area contributed by atoms with Crippen molar-refractivity contribution < 1.29 is 13.9 Å². The van der Waals surface area contributed by atoms with E-state index in [-0.39, 0.29) is 12.0 Å². The van der Waals surface area contributed by atoms with Crippen LogP contribution in [0.1, 0.15) is 50.9 Å². The number of anilines is 2. The van der Waals surface area contributed by atoms with Gasteiger partial charge in [0.05, 0.1) is 30.1 Å². The maximum absolute atomic E-state index is 12.7. The Morgan fingerprint density at radius 3 is 2.88 bits per heavy atom. The van der Waals surface area contributed by atoms with Crippen LogP contribution in [0.3, 0.4) is 0 Å². The Morgan fingerprint density at radius 1 is 1.32 bits per heavy atom. The number of ether oxygens (including phenoxy) is 1. The number of furan rings is 1. The Balaban J connectivity index is 1.52. The van der Waals surface area contributed by atoms with Gasteiger partial charge in [0.25, 0.3) is 0 Å². The van der Waals surface area contributed by atoms with Gasteiger partial charge in [-0.3, -0.25) is 0 Å². The fourth-order valence-electron chi connectivity index (χ4n) is 4.16. The highest BCUT2D eigenvalue weighted by molar-refractivity contribution is 7.10. The molecule has 5 rings (SSSR count). The minimum absolute atomic E-state index is 0.0853. The van der Waals surface area contributed by atoms with Crippen molar-refractivity contribution in [3.05, 3.63) is 48.3 Å². The van der Waals surface area contributed by atoms with Crippen molar-refractivity contribution in [1.82, 2.24) is 23.9 Å². The van der Waals surface area contributed by atoms with Gasteiger partial charge < -0.3 is 19.4 Å². The monoisotopic (exact) mass is 480 g/mol. The first kappa shape index (κ1) is 22.4. The van der Waals surface area contributed by atoms with E-state index >= 15 is 0 Å². The number of piperidine rings is 1. The summed E-state index contributed by atoms with van der Waals surface area (Å²) in [5.74, 6) is 0.884. The number of hydrogen-bond acceptors (Lipinski definition) is 8. The molecule has 1 aliphatic rings. The second-order valence-electron chi connectivity index (χ2n) is 9.59. The number of nitrogens with one attached hydrogen (secondary N) is 1. The van der Waals surface area contributed by atoms with Crippen LogP contribution in [-0.4, -0.2) is 48.7 Å². The maximum atomic E-state index is 12.7. The molecule has 0 saturated carbocycles. The summed E-state index contributed by atoms with van der Waals surface area (Å²) in [6, 6.07) is 5.93. The Kier molecular flexibility index (Phi) is 5.76. The number of amides is 1. The molecule has 9 nitrogen and oxygen atoms in total. The molecule has 0 bridgehead atoms. The van der Waals surface area contributed by atoms with Crippen LogP contribution in [0.2, 0.25) is 0 Å². The molecule has 1 N–H and O–H groups in total. The number of hydrogen-bond donors (Lipinski definition) is 1. The van der Waals surface area contributed by atoms with E-state index in [9.17, 15) is 4.79 Å². The third-order valence-corrected chi connectivity index (χ3v) is 6.49. The van der Waals surface area contributed by atoms with Crippen LogP contribution in [0.5, 0.6) is 0 Å². The zero-order valence-corrected chi connectivity index (χ0v) is 20.6. The second kappa shape index (κ2) is 8.75. The number of aromatic nitrogens is 4. The molecule has 4 aromatic rings. The normalized spacial score (nSPS) is 16.7. The third kappa shape index (κ3) is 4.63. The lowest BCUT2D eigenvalue weighted by atomic mass is 9.94. The minimum Gasteiger partial charge on any atom is -0.472 e. The largest absolute Gasteiger partial charge is 0.472 e. The van der Waals surface area contributed by atoms with Gasteiger partial charge >= 0.3 is 6.09 Å². The summed E-state index contributed by atoms with van der Waals surface area (Å²) in [5.41, 5.74) is 3.88. The van der Waals surface area contributed by atoms with Gasteiger partial charge in [-0.25, -0.2) is 9.78 Å². The van der Waals surface area contributed by atoms with E-state index in [1.165, 1.54) is 11.5 Å². The highest BCUT2D eigenvalue weighted by Crippen LogP contribution is 2.33. The first-order valence-electron chi connectivity index (χ1n) is 11.4. The molecule has 1 saturated heterocycles. The van der Waals surface area contributed by atoms with Crippen molar-refractivity contribution in [2.75, 3.05) is 18.4 Å². The van der Waals surface area contributed by atoms with Crippen LogP contribution in [-0.2, 0) is 4.74 Å². The molecule has 34 heavy (non-hydrogen) atoms. The van der Waals surface area contributed by atoms with E-state index < -0.39 is 5.60 Å². The average molecular weight is 481 g/mol. The fourth-order valence-corrected chi connectivity index (χ4v) is 4.83. The fraction of sp³-hybridized carbons (Fsp3) is 0.417. The van der Waals surface area contributed by atoms with Crippen LogP contribution in [0.4, 0.5) is 15.6 Å². The van der Waals surface area contributed by atoms with Gasteiger partial charge in [0, 0.05) is 36.2 Å². The van der Waals surface area contributed by atoms with E-state index in [0.717, 1.165) is 51.8 Å². The lowest BCUT2D eigenvalue weighted by Gasteiger charge is -2.34. The molecule has 4 aromatic heterocycles. The molecular formula is C24H28N6O3S. The highest BCUT2D eigenvalue weighted by atomic mass is 32.1. The first-order valence-corrected chi connectivity index (χ1v) is 12.1. The van der Waals surface area contributed by atoms with Gasteiger partial charge in [0.15, 0.2) is 5.65 Å². The Labute approximate surface area is 201 Å². The lowest BCUT2D eigenvalue weighted by molar-refractivity contribution is 0.0197. The van der Waals surface area contributed by atoms with Gasteiger partial charge in [-0.1, -0.05) is 0 Å². The highest BCUT2D eigenvalue weighted by Gasteiger charge is 2.30. The van der Waals surface area contributed by atoms with Crippen molar-refractivity contribution >= 4 is 34.1 Å². The molecule has 1 aliphatic heterocycles. The van der Waals surface area contributed by atoms with E-state index in [1.807, 2.05) is 45.9 Å². The summed E-state index contributed by atoms with van der Waals surface area (Å²) in [5, 5.41) is 8.98. The SMILES string of the molecule is Cc1cc(Nc2cc(C3CCCN(C(=O)OC(C)(C)C)C3)nc3c(-c4ccoc4)cnn23)sn1. The molecule has 1 fully saturated rings. The molecule has 0 spiro atoms. The van der Waals surface area contributed by atoms with Crippen LogP contribution >= 0.6 is 11.5 Å². The van der Waals surface area contributed by atoms with Gasteiger partial charge in [-0.15, -0.1) is 0 Å². The Hall–Kier alpha value is -3.40. The number of carbonyl (C=O) groups excluding carboxylic acids is 1. The summed E-state index contributed by atoms with van der Waals surface area (Å²) in [4.78, 5) is 19.5. The number of rotatable bonds is 4. The smallest absolute Gasteiger partial charge is 0.410 e. The van der Waals surface area contributed by atoms with E-state index in [4.69, 9.17) is 14.1 Å². The van der Waals surface area contributed by atoms with Crippen molar-refractivity contribution in [2.24, 2.45) is 0 Å². The zero-order valence-electron chi connectivity index (χ0n) is 19.7. The summed E-state index contributed by atoms with van der Waals surface area (Å²) < 4.78 is 17.1. The topological polar surface area (TPSA) is 97.8 Å². The number of carbonyl (C=O) groups is 1. The predicted molar refractivity (Wildman–Crippen MR) is 131 cm³/mol. The molecule has 0 radical (unpaired) electrons. The minimum atomic E-state index is -0.526. The van der Waals surface area contributed by atoms with Crippen LogP contribution in [0, 0.1) is 6.92 Å². The van der Waals surface area contributed by atoms with Gasteiger partial charge in [0.1, 0.15) is 16.4 Å². The summed E-state index contributed by atoms with van der Waals surface area (Å²) in [7, 11) is 0. The Bertz CT molecular complexity index is 1300. The molecule has 10 heteroatoms. The predicted octanol–water partition coefficient (Wildman–Crippen LogP) is 5.61. The molecule has 178 valence electrons. The van der Waals surface area contributed by atoms with Crippen LogP contribution in [0.25, 0.3) is 16.8 Å². The number of likely N-dealkylation sites (tertiary alicyclic amines) is 1. The molecule has 0 aromatic carbocycles. The quantitative estimate of drug-likeness (QED) is 0.405. The third-order valence-electron chi connectivity index (χ3n) is 5.69. The van der Waals surface area contributed by atoms with Gasteiger partial charge in [0.2, 0.25) is 0 Å².